The summed E-state index contributed by atoms with van der Waals surface area (Å²) in [6.07, 6.45) is 6.46. The lowest BCUT2D eigenvalue weighted by molar-refractivity contribution is 0.224. The maximum atomic E-state index is 6.03. The predicted molar refractivity (Wildman–Crippen MR) is 46.0 cm³/mol. The van der Waals surface area contributed by atoms with Gasteiger partial charge in [0.15, 0.2) is 0 Å². The summed E-state index contributed by atoms with van der Waals surface area (Å²) in [5.41, 5.74) is 12.0. The van der Waals surface area contributed by atoms with Gasteiger partial charge in [0.2, 0.25) is 0 Å². The van der Waals surface area contributed by atoms with Crippen LogP contribution in [0, 0.1) is 11.8 Å². The lowest BCUT2D eigenvalue weighted by atomic mass is 9.77. The highest BCUT2D eigenvalue weighted by Crippen LogP contribution is 2.40. The minimum Gasteiger partial charge on any atom is -0.327 e. The summed E-state index contributed by atoms with van der Waals surface area (Å²) in [5, 5.41) is 0. The molecule has 0 bridgehead atoms. The van der Waals surface area contributed by atoms with Crippen LogP contribution in [0.2, 0.25) is 0 Å². The summed E-state index contributed by atoms with van der Waals surface area (Å²) in [4.78, 5) is 0. The highest BCUT2D eigenvalue weighted by atomic mass is 14.8. The zero-order valence-electron chi connectivity index (χ0n) is 7.00. The van der Waals surface area contributed by atoms with Crippen LogP contribution >= 0.6 is 0 Å². The topological polar surface area (TPSA) is 52.0 Å². The Morgan fingerprint density at radius 3 is 2.27 bits per heavy atom. The molecule has 0 saturated heterocycles. The van der Waals surface area contributed by atoms with Crippen molar-refractivity contribution in [2.45, 2.75) is 44.2 Å². The SMILES string of the molecule is N[C@@H]1CCC[C@@H]2CC[C@@H](N)[C@@H]21. The van der Waals surface area contributed by atoms with Gasteiger partial charge in [0, 0.05) is 12.1 Å². The lowest BCUT2D eigenvalue weighted by Gasteiger charge is -2.33. The molecule has 2 saturated carbocycles. The number of hydrogen-bond acceptors (Lipinski definition) is 2. The summed E-state index contributed by atoms with van der Waals surface area (Å²) >= 11 is 0. The molecule has 0 aromatic carbocycles. The first-order valence-corrected chi connectivity index (χ1v) is 4.80. The molecule has 4 atom stereocenters. The van der Waals surface area contributed by atoms with Crippen LogP contribution in [-0.4, -0.2) is 12.1 Å². The first-order valence-electron chi connectivity index (χ1n) is 4.80. The largest absolute Gasteiger partial charge is 0.327 e. The van der Waals surface area contributed by atoms with E-state index in [-0.39, 0.29) is 0 Å². The van der Waals surface area contributed by atoms with Crippen LogP contribution in [0.3, 0.4) is 0 Å². The maximum absolute atomic E-state index is 6.03. The summed E-state index contributed by atoms with van der Waals surface area (Å²) in [5.74, 6) is 1.53. The van der Waals surface area contributed by atoms with E-state index in [0.717, 1.165) is 5.92 Å². The molecule has 2 rings (SSSR count). The Bertz CT molecular complexity index is 144. The van der Waals surface area contributed by atoms with E-state index < -0.39 is 0 Å². The van der Waals surface area contributed by atoms with Gasteiger partial charge in [-0.2, -0.15) is 0 Å². The second kappa shape index (κ2) is 2.76. The number of rotatable bonds is 0. The van der Waals surface area contributed by atoms with Crippen molar-refractivity contribution in [1.29, 1.82) is 0 Å². The quantitative estimate of drug-likeness (QED) is 0.543. The number of fused-ring (bicyclic) bond motifs is 1. The number of nitrogens with two attached hydrogens (primary N) is 2. The molecule has 0 spiro atoms. The standard InChI is InChI=1S/C9H18N2/c10-7-3-1-2-6-4-5-8(11)9(6)7/h6-9H,1-5,10-11H2/t6-,7-,8-,9+/m1/s1. The molecule has 0 amide bonds. The third-order valence-electron chi connectivity index (χ3n) is 3.52. The fourth-order valence-electron chi connectivity index (χ4n) is 2.95. The number of hydrogen-bond donors (Lipinski definition) is 2. The Labute approximate surface area is 68.3 Å². The third-order valence-corrected chi connectivity index (χ3v) is 3.52. The average molecular weight is 154 g/mol. The Morgan fingerprint density at radius 1 is 0.818 bits per heavy atom. The van der Waals surface area contributed by atoms with Crippen LogP contribution in [0.15, 0.2) is 0 Å². The average Bonchev–Trinajstić information content (AvgIpc) is 2.34. The summed E-state index contributed by atoms with van der Waals surface area (Å²) < 4.78 is 0. The highest BCUT2D eigenvalue weighted by Gasteiger charge is 2.39. The van der Waals surface area contributed by atoms with Crippen LogP contribution < -0.4 is 11.5 Å². The van der Waals surface area contributed by atoms with E-state index in [1.807, 2.05) is 0 Å². The van der Waals surface area contributed by atoms with Crippen LogP contribution in [0.25, 0.3) is 0 Å². The van der Waals surface area contributed by atoms with Crippen molar-refractivity contribution in [3.63, 3.8) is 0 Å². The van der Waals surface area contributed by atoms with Gasteiger partial charge < -0.3 is 11.5 Å². The third kappa shape index (κ3) is 1.18. The fraction of sp³-hybridized carbons (Fsp3) is 1.00. The van der Waals surface area contributed by atoms with Gasteiger partial charge in [-0.15, -0.1) is 0 Å². The summed E-state index contributed by atoms with van der Waals surface area (Å²) in [6.45, 7) is 0. The second-order valence-electron chi connectivity index (χ2n) is 4.17. The first-order chi connectivity index (χ1) is 5.29. The molecular weight excluding hydrogens is 136 g/mol. The molecule has 0 aromatic rings. The normalized spacial score (nSPS) is 50.7. The molecule has 2 aliphatic rings. The Morgan fingerprint density at radius 2 is 1.55 bits per heavy atom. The molecule has 2 nitrogen and oxygen atoms in total. The van der Waals surface area contributed by atoms with Crippen molar-refractivity contribution < 1.29 is 0 Å². The molecule has 0 aromatic heterocycles. The zero-order valence-corrected chi connectivity index (χ0v) is 7.00. The molecule has 0 unspecified atom stereocenters. The predicted octanol–water partition coefficient (Wildman–Crippen LogP) is 0.851. The molecule has 4 N–H and O–H groups in total. The molecule has 0 radical (unpaired) electrons. The molecule has 64 valence electrons. The molecule has 2 heteroatoms. The van der Waals surface area contributed by atoms with Crippen molar-refractivity contribution in [1.82, 2.24) is 0 Å². The minimum atomic E-state index is 0.409. The van der Waals surface area contributed by atoms with Gasteiger partial charge in [-0.3, -0.25) is 0 Å². The van der Waals surface area contributed by atoms with Gasteiger partial charge in [0.1, 0.15) is 0 Å². The minimum absolute atomic E-state index is 0.409. The fourth-order valence-corrected chi connectivity index (χ4v) is 2.95. The van der Waals surface area contributed by atoms with Crippen molar-refractivity contribution in [2.75, 3.05) is 0 Å². The van der Waals surface area contributed by atoms with Gasteiger partial charge in [0.25, 0.3) is 0 Å². The van der Waals surface area contributed by atoms with Gasteiger partial charge in [-0.1, -0.05) is 12.8 Å². The molecule has 11 heavy (non-hydrogen) atoms. The second-order valence-corrected chi connectivity index (χ2v) is 4.17. The van der Waals surface area contributed by atoms with Crippen molar-refractivity contribution >= 4 is 0 Å². The van der Waals surface area contributed by atoms with Crippen molar-refractivity contribution in [3.05, 3.63) is 0 Å². The van der Waals surface area contributed by atoms with E-state index in [2.05, 4.69) is 0 Å². The summed E-state index contributed by atoms with van der Waals surface area (Å²) in [7, 11) is 0. The van der Waals surface area contributed by atoms with Crippen LogP contribution in [0.1, 0.15) is 32.1 Å². The first kappa shape index (κ1) is 7.56. The molecule has 2 aliphatic carbocycles. The maximum Gasteiger partial charge on any atom is 0.00846 e. The molecular formula is C9H18N2. The smallest absolute Gasteiger partial charge is 0.00846 e. The highest BCUT2D eigenvalue weighted by molar-refractivity contribution is 4.95. The van der Waals surface area contributed by atoms with Crippen LogP contribution in [-0.2, 0) is 0 Å². The van der Waals surface area contributed by atoms with Crippen molar-refractivity contribution in [2.24, 2.45) is 23.3 Å². The monoisotopic (exact) mass is 154 g/mol. The van der Waals surface area contributed by atoms with E-state index in [4.69, 9.17) is 11.5 Å². The van der Waals surface area contributed by atoms with Gasteiger partial charge in [-0.05, 0) is 31.1 Å². The molecule has 0 aliphatic heterocycles. The van der Waals surface area contributed by atoms with E-state index >= 15 is 0 Å². The van der Waals surface area contributed by atoms with Crippen molar-refractivity contribution in [3.8, 4) is 0 Å². The van der Waals surface area contributed by atoms with Gasteiger partial charge >= 0.3 is 0 Å². The molecule has 2 fully saturated rings. The molecule has 0 heterocycles. The lowest BCUT2D eigenvalue weighted by Crippen LogP contribution is -2.44. The van der Waals surface area contributed by atoms with E-state index in [1.54, 1.807) is 0 Å². The Hall–Kier alpha value is -0.0800. The summed E-state index contributed by atoms with van der Waals surface area (Å²) in [6, 6.07) is 0.821. The van der Waals surface area contributed by atoms with E-state index in [9.17, 15) is 0 Å². The van der Waals surface area contributed by atoms with Gasteiger partial charge in [-0.25, -0.2) is 0 Å². The van der Waals surface area contributed by atoms with Gasteiger partial charge in [0.05, 0.1) is 0 Å². The zero-order chi connectivity index (χ0) is 7.84. The van der Waals surface area contributed by atoms with Crippen LogP contribution in [0.5, 0.6) is 0 Å². The Kier molecular flexibility index (Phi) is 1.90. The van der Waals surface area contributed by atoms with E-state index in [0.29, 0.717) is 18.0 Å². The van der Waals surface area contributed by atoms with E-state index in [1.165, 1.54) is 32.1 Å². The van der Waals surface area contributed by atoms with Crippen LogP contribution in [0.4, 0.5) is 0 Å². The Balaban J connectivity index is 2.08.